The van der Waals surface area contributed by atoms with Crippen LogP contribution in [-0.4, -0.2) is 67.0 Å². The number of fused-ring (bicyclic) bond motifs is 2. The van der Waals surface area contributed by atoms with Gasteiger partial charge in [-0.05, 0) is 54.1 Å². The van der Waals surface area contributed by atoms with E-state index in [2.05, 4.69) is 20.6 Å². The number of carbonyl (C=O) groups is 4. The van der Waals surface area contributed by atoms with Gasteiger partial charge in [0.1, 0.15) is 46.8 Å². The molecule has 306 valence electrons. The molecule has 8 rings (SSSR count). The third-order valence-corrected chi connectivity index (χ3v) is 9.51. The van der Waals surface area contributed by atoms with Crippen LogP contribution in [0.3, 0.4) is 0 Å². The van der Waals surface area contributed by atoms with Gasteiger partial charge in [0.15, 0.2) is 17.4 Å². The highest BCUT2D eigenvalue weighted by Crippen LogP contribution is 2.39. The number of phenols is 1. The van der Waals surface area contributed by atoms with Crippen molar-refractivity contribution in [2.45, 2.75) is 0 Å². The molecule has 0 aliphatic carbocycles. The zero-order valence-corrected chi connectivity index (χ0v) is 31.9. The van der Waals surface area contributed by atoms with Crippen LogP contribution < -0.4 is 15.4 Å². The van der Waals surface area contributed by atoms with Crippen LogP contribution in [0.1, 0.15) is 20.7 Å². The van der Waals surface area contributed by atoms with Crippen molar-refractivity contribution in [3.63, 3.8) is 0 Å². The molecule has 0 saturated heterocycles. The summed E-state index contributed by atoms with van der Waals surface area (Å²) in [6.45, 7) is -1.76. The summed E-state index contributed by atoms with van der Waals surface area (Å²) in [6.07, 6.45) is 1.21. The quantitative estimate of drug-likeness (QED) is 0.0744. The molecule has 0 atom stereocenters. The number of hydrogen-bond acceptors (Lipinski definition) is 10. The van der Waals surface area contributed by atoms with E-state index in [-0.39, 0.29) is 50.0 Å². The van der Waals surface area contributed by atoms with Crippen molar-refractivity contribution < 1.29 is 47.3 Å². The lowest BCUT2D eigenvalue weighted by atomic mass is 9.98. The second kappa shape index (κ2) is 17.0. The zero-order chi connectivity index (χ0) is 43.5. The Bertz CT molecular complexity index is 3100. The number of nitrogens with zero attached hydrogens (tertiary/aromatic N) is 4. The number of rotatable bonds is 11. The summed E-state index contributed by atoms with van der Waals surface area (Å²) in [4.78, 5) is 71.5. The normalized spacial score (nSPS) is 11.0. The number of carboxylic acid groups (broad SMARTS) is 1. The number of halogens is 3. The molecule has 0 saturated carbocycles. The Kier molecular flexibility index (Phi) is 11.0. The molecule has 6 aromatic carbocycles. The first kappa shape index (κ1) is 40.3. The molecule has 62 heavy (non-hydrogen) atoms. The predicted octanol–water partition coefficient (Wildman–Crippen LogP) is 7.51. The number of hydrogen-bond donors (Lipinski definition) is 4. The fourth-order valence-corrected chi connectivity index (χ4v) is 6.68. The second-order valence-corrected chi connectivity index (χ2v) is 13.6. The topological polar surface area (TPSA) is 194 Å². The van der Waals surface area contributed by atoms with E-state index in [4.69, 9.17) is 14.7 Å². The summed E-state index contributed by atoms with van der Waals surface area (Å²) >= 11 is 0. The lowest BCUT2D eigenvalue weighted by molar-refractivity contribution is -0.136. The highest BCUT2D eigenvalue weighted by molar-refractivity contribution is 6.12. The van der Waals surface area contributed by atoms with Crippen molar-refractivity contribution in [3.8, 4) is 56.4 Å². The monoisotopic (exact) mass is 834 g/mol. The smallest absolute Gasteiger partial charge is 0.330 e. The van der Waals surface area contributed by atoms with Crippen LogP contribution in [0.15, 0.2) is 128 Å². The second-order valence-electron chi connectivity index (χ2n) is 13.6. The van der Waals surface area contributed by atoms with Crippen molar-refractivity contribution in [2.24, 2.45) is 0 Å². The first-order valence-corrected chi connectivity index (χ1v) is 18.6. The third kappa shape index (κ3) is 8.20. The van der Waals surface area contributed by atoms with Gasteiger partial charge in [-0.25, -0.2) is 32.9 Å². The Labute approximate surface area is 348 Å². The maximum atomic E-state index is 14.7. The van der Waals surface area contributed by atoms with Crippen LogP contribution in [0.4, 0.5) is 13.2 Å². The van der Waals surface area contributed by atoms with Gasteiger partial charge < -0.3 is 25.6 Å². The standard InChI is InChI=1S/C46H29F3N6O7/c47-28-13-7-12-26(18-28)29-20-33-43(54-34(21-50-33)27-14-15-30(48)31(49)19-27)39(46(61)51-22-36(57)58)44(29)62-37(59)23-52-45(60)38-35(56)17-16-32-42(38)55-41(25-10-5-2-6-11-25)40(53-32)24-8-3-1-4-9-24/h1-21,56H,22-23H2,(H,51,61)(H,52,60)(H,57,58). The number of ether oxygens (including phenoxy) is 1. The summed E-state index contributed by atoms with van der Waals surface area (Å²) < 4.78 is 48.5. The number of benzene rings is 6. The van der Waals surface area contributed by atoms with Crippen molar-refractivity contribution >= 4 is 45.8 Å². The van der Waals surface area contributed by atoms with Gasteiger partial charge in [0.25, 0.3) is 11.8 Å². The van der Waals surface area contributed by atoms with Crippen molar-refractivity contribution in [3.05, 3.63) is 156 Å². The Morgan fingerprint density at radius 1 is 0.597 bits per heavy atom. The van der Waals surface area contributed by atoms with E-state index in [1.165, 1.54) is 42.6 Å². The van der Waals surface area contributed by atoms with Gasteiger partial charge in [-0.1, -0.05) is 72.8 Å². The minimum atomic E-state index is -1.42. The van der Waals surface area contributed by atoms with E-state index < -0.39 is 71.4 Å². The lowest BCUT2D eigenvalue weighted by Gasteiger charge is -2.18. The van der Waals surface area contributed by atoms with Crippen LogP contribution in [0, 0.1) is 17.5 Å². The average molecular weight is 835 g/mol. The summed E-state index contributed by atoms with van der Waals surface area (Å²) in [5.74, 6) is -8.68. The van der Waals surface area contributed by atoms with Gasteiger partial charge in [0.05, 0.1) is 34.3 Å². The van der Waals surface area contributed by atoms with Gasteiger partial charge in [-0.15, -0.1) is 0 Å². The van der Waals surface area contributed by atoms with Gasteiger partial charge in [0.2, 0.25) is 0 Å². The summed E-state index contributed by atoms with van der Waals surface area (Å²) in [6, 6.07) is 30.4. The van der Waals surface area contributed by atoms with E-state index >= 15 is 0 Å². The van der Waals surface area contributed by atoms with Crippen LogP contribution in [-0.2, 0) is 9.59 Å². The molecule has 2 heterocycles. The molecule has 0 aliphatic heterocycles. The van der Waals surface area contributed by atoms with E-state index in [1.807, 2.05) is 60.7 Å². The van der Waals surface area contributed by atoms with Gasteiger partial charge >= 0.3 is 11.9 Å². The number of amides is 2. The lowest BCUT2D eigenvalue weighted by Crippen LogP contribution is -2.33. The Hall–Kier alpha value is -8.53. The summed E-state index contributed by atoms with van der Waals surface area (Å²) in [5, 5.41) is 25.0. The number of aromatic hydroxyl groups is 1. The zero-order valence-electron chi connectivity index (χ0n) is 31.9. The van der Waals surface area contributed by atoms with E-state index in [0.717, 1.165) is 29.8 Å². The van der Waals surface area contributed by atoms with E-state index in [0.29, 0.717) is 17.0 Å². The number of aliphatic carboxylic acids is 1. The minimum Gasteiger partial charge on any atom is -0.507 e. The average Bonchev–Trinajstić information content (AvgIpc) is 3.28. The molecule has 0 radical (unpaired) electrons. The summed E-state index contributed by atoms with van der Waals surface area (Å²) in [7, 11) is 0. The molecule has 0 bridgehead atoms. The first-order valence-electron chi connectivity index (χ1n) is 18.6. The number of nitrogens with one attached hydrogen (secondary N) is 2. The molecule has 8 aromatic rings. The van der Waals surface area contributed by atoms with Crippen molar-refractivity contribution in [2.75, 3.05) is 13.1 Å². The highest BCUT2D eigenvalue weighted by atomic mass is 19.2. The SMILES string of the molecule is O=C(O)CNC(=O)c1c(OC(=O)CNC(=O)c2c(O)ccc3nc(-c4ccccc4)c(-c4ccccc4)nc23)c(-c2cccc(F)c2)cc2ncc(-c3ccc(F)c(F)c3)nc12. The van der Waals surface area contributed by atoms with Gasteiger partial charge in [-0.2, -0.15) is 0 Å². The van der Waals surface area contributed by atoms with Gasteiger partial charge in [-0.3, -0.25) is 19.4 Å². The number of carboxylic acids is 1. The number of aromatic nitrogens is 4. The fraction of sp³-hybridized carbons (Fsp3) is 0.0435. The molecule has 0 aliphatic rings. The maximum Gasteiger partial charge on any atom is 0.330 e. The molecule has 4 N–H and O–H groups in total. The van der Waals surface area contributed by atoms with Crippen LogP contribution in [0.25, 0.3) is 67.0 Å². The predicted molar refractivity (Wildman–Crippen MR) is 220 cm³/mol. The molecule has 2 aromatic heterocycles. The van der Waals surface area contributed by atoms with Crippen LogP contribution in [0.2, 0.25) is 0 Å². The van der Waals surface area contributed by atoms with Gasteiger partial charge in [0, 0.05) is 22.3 Å². The number of phenolic OH excluding ortho intramolecular Hbond substituents is 1. The number of esters is 1. The molecular formula is C46H29F3N6O7. The van der Waals surface area contributed by atoms with E-state index in [9.17, 15) is 42.6 Å². The van der Waals surface area contributed by atoms with Crippen LogP contribution in [0.5, 0.6) is 11.5 Å². The number of carbonyl (C=O) groups excluding carboxylic acids is 3. The fourth-order valence-electron chi connectivity index (χ4n) is 6.68. The third-order valence-electron chi connectivity index (χ3n) is 9.51. The maximum absolute atomic E-state index is 14.7. The minimum absolute atomic E-state index is 0.0120. The summed E-state index contributed by atoms with van der Waals surface area (Å²) in [5.41, 5.74) is 1.57. The Morgan fingerprint density at radius 3 is 1.92 bits per heavy atom. The molecule has 0 spiro atoms. The van der Waals surface area contributed by atoms with Crippen LogP contribution >= 0.6 is 0 Å². The molecule has 0 fully saturated rings. The first-order chi connectivity index (χ1) is 29.9. The highest BCUT2D eigenvalue weighted by Gasteiger charge is 2.28. The molecule has 2 amide bonds. The molecule has 13 nitrogen and oxygen atoms in total. The largest absolute Gasteiger partial charge is 0.507 e. The Morgan fingerprint density at radius 2 is 1.24 bits per heavy atom. The molecule has 16 heteroatoms. The molecular weight excluding hydrogens is 806 g/mol. The van der Waals surface area contributed by atoms with Crippen molar-refractivity contribution in [1.29, 1.82) is 0 Å². The molecule has 0 unspecified atom stereocenters. The van der Waals surface area contributed by atoms with Crippen molar-refractivity contribution in [1.82, 2.24) is 30.6 Å². The Balaban J connectivity index is 1.19. The van der Waals surface area contributed by atoms with E-state index in [1.54, 1.807) is 0 Å².